The summed E-state index contributed by atoms with van der Waals surface area (Å²) >= 11 is 3.89. The highest BCUT2D eigenvalue weighted by molar-refractivity contribution is 14.1. The van der Waals surface area contributed by atoms with Crippen molar-refractivity contribution in [3.63, 3.8) is 0 Å². The summed E-state index contributed by atoms with van der Waals surface area (Å²) in [5.41, 5.74) is 4.99. The SMILES string of the molecule is Cc1cc2nc(-c3csc(I)c3)n(CC(=O)O)c2cc1C. The Morgan fingerprint density at radius 2 is 2.05 bits per heavy atom. The predicted octanol–water partition coefficient (Wildman–Crippen LogP) is 4.07. The Morgan fingerprint density at radius 3 is 2.67 bits per heavy atom. The van der Waals surface area contributed by atoms with Crippen molar-refractivity contribution in [3.05, 3.63) is 37.6 Å². The zero-order chi connectivity index (χ0) is 15.1. The van der Waals surface area contributed by atoms with E-state index in [-0.39, 0.29) is 6.54 Å². The summed E-state index contributed by atoms with van der Waals surface area (Å²) in [4.78, 5) is 15.9. The molecule has 2 aromatic heterocycles. The van der Waals surface area contributed by atoms with Crippen molar-refractivity contribution in [1.82, 2.24) is 9.55 Å². The van der Waals surface area contributed by atoms with Crippen LogP contribution in [0.4, 0.5) is 0 Å². The molecule has 0 saturated heterocycles. The zero-order valence-corrected chi connectivity index (χ0v) is 14.5. The minimum absolute atomic E-state index is 0.0826. The minimum atomic E-state index is -0.862. The number of fused-ring (bicyclic) bond motifs is 1. The van der Waals surface area contributed by atoms with Crippen LogP contribution in [0.1, 0.15) is 11.1 Å². The summed E-state index contributed by atoms with van der Waals surface area (Å²) in [5, 5.41) is 11.2. The molecule has 0 aliphatic heterocycles. The lowest BCUT2D eigenvalue weighted by Gasteiger charge is -2.06. The topological polar surface area (TPSA) is 55.1 Å². The van der Waals surface area contributed by atoms with Crippen molar-refractivity contribution in [1.29, 1.82) is 0 Å². The van der Waals surface area contributed by atoms with Crippen LogP contribution in [-0.2, 0) is 11.3 Å². The molecule has 108 valence electrons. The van der Waals surface area contributed by atoms with E-state index >= 15 is 0 Å². The largest absolute Gasteiger partial charge is 0.480 e. The Labute approximate surface area is 139 Å². The van der Waals surface area contributed by atoms with Crippen LogP contribution in [0.5, 0.6) is 0 Å². The molecule has 3 rings (SSSR count). The molecule has 0 unspecified atom stereocenters. The molecule has 1 N–H and O–H groups in total. The smallest absolute Gasteiger partial charge is 0.323 e. The summed E-state index contributed by atoms with van der Waals surface area (Å²) in [6, 6.07) is 6.07. The monoisotopic (exact) mass is 412 g/mol. The fourth-order valence-electron chi connectivity index (χ4n) is 2.32. The van der Waals surface area contributed by atoms with Gasteiger partial charge in [0.1, 0.15) is 12.4 Å². The van der Waals surface area contributed by atoms with Crippen LogP contribution in [0.25, 0.3) is 22.4 Å². The number of hydrogen-bond donors (Lipinski definition) is 1. The van der Waals surface area contributed by atoms with E-state index in [4.69, 9.17) is 0 Å². The lowest BCUT2D eigenvalue weighted by molar-refractivity contribution is -0.137. The molecule has 0 fully saturated rings. The molecular weight excluding hydrogens is 399 g/mol. The van der Waals surface area contributed by atoms with Crippen molar-refractivity contribution < 1.29 is 9.90 Å². The van der Waals surface area contributed by atoms with E-state index in [0.29, 0.717) is 0 Å². The lowest BCUT2D eigenvalue weighted by atomic mass is 10.1. The fourth-order valence-corrected chi connectivity index (χ4v) is 3.65. The van der Waals surface area contributed by atoms with E-state index in [2.05, 4.69) is 27.6 Å². The Kier molecular flexibility index (Phi) is 3.75. The highest BCUT2D eigenvalue weighted by atomic mass is 127. The molecule has 2 heterocycles. The number of aryl methyl sites for hydroxylation is 2. The van der Waals surface area contributed by atoms with Crippen LogP contribution in [0, 0.1) is 16.7 Å². The van der Waals surface area contributed by atoms with Crippen LogP contribution in [0.3, 0.4) is 0 Å². The predicted molar refractivity (Wildman–Crippen MR) is 92.9 cm³/mol. The molecule has 0 bridgehead atoms. The highest BCUT2D eigenvalue weighted by Gasteiger charge is 2.16. The van der Waals surface area contributed by atoms with E-state index in [9.17, 15) is 9.90 Å². The quantitative estimate of drug-likeness (QED) is 0.660. The van der Waals surface area contributed by atoms with Crippen molar-refractivity contribution in [2.45, 2.75) is 20.4 Å². The van der Waals surface area contributed by atoms with Crippen molar-refractivity contribution >= 4 is 50.9 Å². The molecule has 21 heavy (non-hydrogen) atoms. The summed E-state index contributed by atoms with van der Waals surface area (Å²) in [7, 11) is 0. The van der Waals surface area contributed by atoms with Gasteiger partial charge in [-0.15, -0.1) is 11.3 Å². The number of imidazole rings is 1. The Balaban J connectivity index is 2.29. The second-order valence-electron chi connectivity index (χ2n) is 4.98. The van der Waals surface area contributed by atoms with Crippen molar-refractivity contribution in [3.8, 4) is 11.4 Å². The van der Waals surface area contributed by atoms with E-state index in [1.807, 2.05) is 37.4 Å². The number of rotatable bonds is 3. The summed E-state index contributed by atoms with van der Waals surface area (Å²) in [6.07, 6.45) is 0. The van der Waals surface area contributed by atoms with Gasteiger partial charge < -0.3 is 9.67 Å². The maximum atomic E-state index is 11.2. The number of carboxylic acid groups (broad SMARTS) is 1. The van der Waals surface area contributed by atoms with Gasteiger partial charge in [0.15, 0.2) is 0 Å². The number of carbonyl (C=O) groups is 1. The first-order valence-corrected chi connectivity index (χ1v) is 8.35. The molecule has 0 saturated carbocycles. The number of hydrogen-bond acceptors (Lipinski definition) is 3. The number of benzene rings is 1. The van der Waals surface area contributed by atoms with Crippen molar-refractivity contribution in [2.24, 2.45) is 0 Å². The van der Waals surface area contributed by atoms with Crippen molar-refractivity contribution in [2.75, 3.05) is 0 Å². The molecule has 0 aliphatic rings. The highest BCUT2D eigenvalue weighted by Crippen LogP contribution is 2.30. The first-order valence-electron chi connectivity index (χ1n) is 6.39. The first-order chi connectivity index (χ1) is 9.95. The first kappa shape index (κ1) is 14.5. The van der Waals surface area contributed by atoms with Crippen LogP contribution in [-0.4, -0.2) is 20.6 Å². The Bertz CT molecular complexity index is 851. The summed E-state index contributed by atoms with van der Waals surface area (Å²) < 4.78 is 2.94. The Hall–Kier alpha value is -1.41. The molecule has 3 aromatic rings. The third-order valence-corrected chi connectivity index (χ3v) is 5.27. The van der Waals surface area contributed by atoms with Crippen LogP contribution >= 0.6 is 33.9 Å². The van der Waals surface area contributed by atoms with E-state index in [1.54, 1.807) is 15.9 Å². The van der Waals surface area contributed by atoms with E-state index in [0.717, 1.165) is 36.4 Å². The van der Waals surface area contributed by atoms with Gasteiger partial charge in [0.25, 0.3) is 0 Å². The van der Waals surface area contributed by atoms with Gasteiger partial charge in [-0.1, -0.05) is 0 Å². The molecular formula is C15H13IN2O2S. The molecule has 0 aliphatic carbocycles. The van der Waals surface area contributed by atoms with Crippen LogP contribution in [0.15, 0.2) is 23.6 Å². The number of aliphatic carboxylic acids is 1. The van der Waals surface area contributed by atoms with Gasteiger partial charge in [-0.05, 0) is 65.8 Å². The molecule has 0 spiro atoms. The van der Waals surface area contributed by atoms with Gasteiger partial charge in [0.05, 0.1) is 13.9 Å². The third kappa shape index (κ3) is 2.69. The van der Waals surface area contributed by atoms with Gasteiger partial charge in [-0.2, -0.15) is 0 Å². The number of thiophene rings is 1. The van der Waals surface area contributed by atoms with Gasteiger partial charge in [0, 0.05) is 10.9 Å². The molecule has 0 amide bonds. The Morgan fingerprint density at radius 1 is 1.33 bits per heavy atom. The molecule has 0 radical (unpaired) electrons. The van der Waals surface area contributed by atoms with Crippen LogP contribution in [0.2, 0.25) is 0 Å². The summed E-state index contributed by atoms with van der Waals surface area (Å²) in [6.45, 7) is 3.99. The number of aromatic nitrogens is 2. The number of halogens is 1. The fraction of sp³-hybridized carbons (Fsp3) is 0.200. The zero-order valence-electron chi connectivity index (χ0n) is 11.6. The van der Waals surface area contributed by atoms with Gasteiger partial charge >= 0.3 is 5.97 Å². The normalized spacial score (nSPS) is 11.2. The summed E-state index contributed by atoms with van der Waals surface area (Å²) in [5.74, 6) is -0.143. The molecule has 6 heteroatoms. The number of carboxylic acids is 1. The second kappa shape index (κ2) is 5.42. The lowest BCUT2D eigenvalue weighted by Crippen LogP contribution is -2.09. The average Bonchev–Trinajstić information content (AvgIpc) is 2.95. The van der Waals surface area contributed by atoms with Gasteiger partial charge in [-0.3, -0.25) is 4.79 Å². The maximum absolute atomic E-state index is 11.2. The standard InChI is InChI=1S/C15H13IN2O2S/c1-8-3-11-12(4-9(8)2)18(6-14(19)20)15(17-11)10-5-13(16)21-7-10/h3-5,7H,6H2,1-2H3,(H,19,20). The molecule has 0 atom stereocenters. The van der Waals surface area contributed by atoms with E-state index in [1.165, 1.54) is 0 Å². The average molecular weight is 412 g/mol. The number of nitrogens with zero attached hydrogens (tertiary/aromatic N) is 2. The third-order valence-electron chi connectivity index (χ3n) is 3.48. The molecule has 4 nitrogen and oxygen atoms in total. The maximum Gasteiger partial charge on any atom is 0.323 e. The second-order valence-corrected chi connectivity index (χ2v) is 7.79. The minimum Gasteiger partial charge on any atom is -0.480 e. The van der Waals surface area contributed by atoms with Crippen LogP contribution < -0.4 is 0 Å². The van der Waals surface area contributed by atoms with Gasteiger partial charge in [0.2, 0.25) is 0 Å². The van der Waals surface area contributed by atoms with Gasteiger partial charge in [-0.25, -0.2) is 4.98 Å². The molecule has 1 aromatic carbocycles. The van der Waals surface area contributed by atoms with E-state index < -0.39 is 5.97 Å².